The number of rotatable bonds is 2. The number of carbonyl (C=O) groups excluding carboxylic acids is 1. The van der Waals surface area contributed by atoms with Gasteiger partial charge >= 0.3 is 0 Å². The van der Waals surface area contributed by atoms with Gasteiger partial charge in [0, 0.05) is 10.9 Å². The van der Waals surface area contributed by atoms with Gasteiger partial charge in [-0.2, -0.15) is 0 Å². The number of nitrogens with one attached hydrogen (secondary N) is 1. The smallest absolute Gasteiger partial charge is 0.295 e. The van der Waals surface area contributed by atoms with Crippen LogP contribution in [0.25, 0.3) is 10.9 Å². The molecule has 24 heavy (non-hydrogen) atoms. The minimum Gasteiger partial charge on any atom is -0.493 e. The second-order valence-corrected chi connectivity index (χ2v) is 5.44. The van der Waals surface area contributed by atoms with E-state index in [1.807, 2.05) is 25.1 Å². The number of aromatic amines is 1. The molecule has 1 amide bonds. The lowest BCUT2D eigenvalue weighted by Gasteiger charge is -1.98. The first kappa shape index (κ1) is 14.3. The van der Waals surface area contributed by atoms with Gasteiger partial charge in [-0.25, -0.2) is 0 Å². The number of aromatic hydroxyl groups is 1. The van der Waals surface area contributed by atoms with Gasteiger partial charge in [-0.3, -0.25) is 4.79 Å². The van der Waals surface area contributed by atoms with Crippen LogP contribution < -0.4 is 9.47 Å². The van der Waals surface area contributed by atoms with Crippen molar-refractivity contribution in [2.45, 2.75) is 6.92 Å². The third-order valence-corrected chi connectivity index (χ3v) is 3.77. The van der Waals surface area contributed by atoms with E-state index >= 15 is 0 Å². The predicted molar refractivity (Wildman–Crippen MR) is 86.1 cm³/mol. The van der Waals surface area contributed by atoms with Gasteiger partial charge < -0.3 is 19.6 Å². The number of aryl methyl sites for hydroxylation is 1. The number of aromatic nitrogens is 1. The van der Waals surface area contributed by atoms with Crippen LogP contribution in [0.4, 0.5) is 5.69 Å². The van der Waals surface area contributed by atoms with Crippen LogP contribution in [0, 0.1) is 6.92 Å². The lowest BCUT2D eigenvalue weighted by atomic mass is 10.1. The van der Waals surface area contributed by atoms with Gasteiger partial charge in [0.25, 0.3) is 5.91 Å². The van der Waals surface area contributed by atoms with E-state index in [1.165, 1.54) is 0 Å². The molecule has 7 nitrogen and oxygen atoms in total. The fourth-order valence-electron chi connectivity index (χ4n) is 2.56. The molecule has 120 valence electrons. The summed E-state index contributed by atoms with van der Waals surface area (Å²) in [6, 6.07) is 10.4. The molecule has 1 aliphatic heterocycles. The lowest BCUT2D eigenvalue weighted by Crippen LogP contribution is -1.94. The van der Waals surface area contributed by atoms with Crippen LogP contribution in [0.2, 0.25) is 0 Å². The average molecular weight is 323 g/mol. The number of fused-ring (bicyclic) bond motifs is 2. The van der Waals surface area contributed by atoms with E-state index in [1.54, 1.807) is 18.2 Å². The van der Waals surface area contributed by atoms with Gasteiger partial charge in [-0.15, -0.1) is 10.2 Å². The Morgan fingerprint density at radius 2 is 2.00 bits per heavy atom. The summed E-state index contributed by atoms with van der Waals surface area (Å²) in [5.74, 6) is 0.433. The van der Waals surface area contributed by atoms with Crippen LogP contribution in [0.3, 0.4) is 0 Å². The minimum absolute atomic E-state index is 0.127. The zero-order chi connectivity index (χ0) is 16.7. The Bertz CT molecular complexity index is 991. The molecule has 0 atom stereocenters. The highest BCUT2D eigenvalue weighted by molar-refractivity contribution is 5.97. The Balaban J connectivity index is 1.66. The van der Waals surface area contributed by atoms with Crippen molar-refractivity contribution >= 4 is 22.5 Å². The highest BCUT2D eigenvalue weighted by Gasteiger charge is 2.16. The fourth-order valence-corrected chi connectivity index (χ4v) is 2.56. The maximum Gasteiger partial charge on any atom is 0.295 e. The van der Waals surface area contributed by atoms with Crippen molar-refractivity contribution in [1.29, 1.82) is 0 Å². The van der Waals surface area contributed by atoms with Crippen molar-refractivity contribution in [2.75, 3.05) is 6.79 Å². The topological polar surface area (TPSA) is 96.3 Å². The maximum absolute atomic E-state index is 12.2. The molecule has 4 rings (SSSR count). The number of ether oxygens (including phenoxy) is 2. The molecule has 0 saturated heterocycles. The number of carbonyl (C=O) groups is 1. The largest absolute Gasteiger partial charge is 0.493 e. The Hall–Kier alpha value is -3.35. The third kappa shape index (κ3) is 2.36. The SMILES string of the molecule is Cc1ccc2[nH]c(O)c(N=NC(=O)c3ccc4c(c3)OCO4)c2c1. The Morgan fingerprint density at radius 1 is 1.17 bits per heavy atom. The van der Waals surface area contributed by atoms with Crippen LogP contribution in [-0.4, -0.2) is 22.8 Å². The molecular weight excluding hydrogens is 310 g/mol. The summed E-state index contributed by atoms with van der Waals surface area (Å²) in [4.78, 5) is 15.0. The van der Waals surface area contributed by atoms with Crippen molar-refractivity contribution in [2.24, 2.45) is 10.2 Å². The van der Waals surface area contributed by atoms with Crippen molar-refractivity contribution in [3.8, 4) is 17.4 Å². The number of benzene rings is 2. The number of hydrogen-bond donors (Lipinski definition) is 2. The quantitative estimate of drug-likeness (QED) is 0.700. The second kappa shape index (κ2) is 5.38. The van der Waals surface area contributed by atoms with Crippen LogP contribution in [-0.2, 0) is 0 Å². The number of hydrogen-bond acceptors (Lipinski definition) is 5. The molecule has 2 aromatic carbocycles. The monoisotopic (exact) mass is 323 g/mol. The summed E-state index contributed by atoms with van der Waals surface area (Å²) in [6.45, 7) is 2.07. The molecule has 3 aromatic rings. The van der Waals surface area contributed by atoms with Crippen molar-refractivity contribution in [3.05, 3.63) is 47.5 Å². The van der Waals surface area contributed by atoms with E-state index in [0.29, 0.717) is 22.4 Å². The summed E-state index contributed by atoms with van der Waals surface area (Å²) in [7, 11) is 0. The minimum atomic E-state index is -0.533. The summed E-state index contributed by atoms with van der Waals surface area (Å²) >= 11 is 0. The third-order valence-electron chi connectivity index (χ3n) is 3.77. The first-order valence-corrected chi connectivity index (χ1v) is 7.29. The Labute approximate surface area is 136 Å². The molecule has 0 spiro atoms. The van der Waals surface area contributed by atoms with E-state index in [0.717, 1.165) is 11.1 Å². The molecule has 0 radical (unpaired) electrons. The first-order chi connectivity index (χ1) is 11.6. The van der Waals surface area contributed by atoms with Crippen molar-refractivity contribution in [1.82, 2.24) is 4.98 Å². The van der Waals surface area contributed by atoms with Crippen LogP contribution in [0.5, 0.6) is 17.4 Å². The second-order valence-electron chi connectivity index (χ2n) is 5.44. The molecule has 0 aliphatic carbocycles. The molecule has 0 fully saturated rings. The van der Waals surface area contributed by atoms with E-state index in [9.17, 15) is 9.90 Å². The molecule has 2 heterocycles. The molecule has 7 heteroatoms. The average Bonchev–Trinajstić information content (AvgIpc) is 3.15. The summed E-state index contributed by atoms with van der Waals surface area (Å²) < 4.78 is 10.4. The molecule has 0 unspecified atom stereocenters. The molecule has 1 aromatic heterocycles. The van der Waals surface area contributed by atoms with Gasteiger partial charge in [0.05, 0.1) is 5.52 Å². The standard InChI is InChI=1S/C17H13N3O4/c1-9-2-4-12-11(6-9)15(17(22)18-12)19-20-16(21)10-3-5-13-14(7-10)24-8-23-13/h2-7,18,22H,8H2,1H3. The van der Waals surface area contributed by atoms with Gasteiger partial charge in [0.1, 0.15) is 0 Å². The predicted octanol–water partition coefficient (Wildman–Crippen LogP) is 3.83. The van der Waals surface area contributed by atoms with Crippen LogP contribution in [0.15, 0.2) is 46.6 Å². The molecule has 0 saturated carbocycles. The number of nitrogens with zero attached hydrogens (tertiary/aromatic N) is 2. The Kier molecular flexibility index (Phi) is 3.19. The molecule has 2 N–H and O–H groups in total. The van der Waals surface area contributed by atoms with Gasteiger partial charge in [0.2, 0.25) is 12.7 Å². The van der Waals surface area contributed by atoms with Gasteiger partial charge in [0.15, 0.2) is 17.2 Å². The van der Waals surface area contributed by atoms with Crippen molar-refractivity contribution in [3.63, 3.8) is 0 Å². The zero-order valence-corrected chi connectivity index (χ0v) is 12.7. The van der Waals surface area contributed by atoms with Gasteiger partial charge in [-0.1, -0.05) is 11.6 Å². The van der Waals surface area contributed by atoms with E-state index in [2.05, 4.69) is 15.2 Å². The summed E-state index contributed by atoms with van der Waals surface area (Å²) in [5.41, 5.74) is 2.31. The number of H-pyrrole nitrogens is 1. The summed E-state index contributed by atoms with van der Waals surface area (Å²) in [6.07, 6.45) is 0. The maximum atomic E-state index is 12.2. The van der Waals surface area contributed by atoms with Crippen LogP contribution >= 0.6 is 0 Å². The summed E-state index contributed by atoms with van der Waals surface area (Å²) in [5, 5.41) is 18.3. The molecule has 1 aliphatic rings. The van der Waals surface area contributed by atoms with E-state index < -0.39 is 5.91 Å². The number of amides is 1. The highest BCUT2D eigenvalue weighted by atomic mass is 16.7. The molecule has 0 bridgehead atoms. The zero-order valence-electron chi connectivity index (χ0n) is 12.7. The first-order valence-electron chi connectivity index (χ1n) is 7.29. The van der Waals surface area contributed by atoms with E-state index in [4.69, 9.17) is 9.47 Å². The fraction of sp³-hybridized carbons (Fsp3) is 0.118. The lowest BCUT2D eigenvalue weighted by molar-refractivity contribution is 0.0994. The number of azo groups is 1. The van der Waals surface area contributed by atoms with E-state index in [-0.39, 0.29) is 18.4 Å². The highest BCUT2D eigenvalue weighted by Crippen LogP contribution is 2.36. The molecular formula is C17H13N3O4. The Morgan fingerprint density at radius 3 is 2.88 bits per heavy atom. The van der Waals surface area contributed by atoms with Gasteiger partial charge in [-0.05, 0) is 37.3 Å². The van der Waals surface area contributed by atoms with Crippen LogP contribution in [0.1, 0.15) is 15.9 Å². The van der Waals surface area contributed by atoms with Crippen molar-refractivity contribution < 1.29 is 19.4 Å². The normalized spacial score (nSPS) is 13.0.